The first-order chi connectivity index (χ1) is 4.16. The Morgan fingerprint density at radius 3 is 2.67 bits per heavy atom. The molecule has 0 amide bonds. The second-order valence-electron chi connectivity index (χ2n) is 1.55. The zero-order chi connectivity index (χ0) is 7.28. The fourth-order valence-corrected chi connectivity index (χ4v) is 0.400. The van der Waals surface area contributed by atoms with Crippen molar-refractivity contribution in [1.82, 2.24) is 0 Å². The molecule has 0 heterocycles. The van der Waals surface area contributed by atoms with Gasteiger partial charge < -0.3 is 4.74 Å². The van der Waals surface area contributed by atoms with Crippen LogP contribution in [0.3, 0.4) is 0 Å². The largest absolute Gasteiger partial charge is 0.452 e. The topological polar surface area (TPSA) is 26.3 Å². The van der Waals surface area contributed by atoms with E-state index in [2.05, 4.69) is 4.74 Å². The predicted octanol–water partition coefficient (Wildman–Crippen LogP) is 2.38. The fourth-order valence-electron chi connectivity index (χ4n) is 0.274. The molecule has 0 aromatic rings. The van der Waals surface area contributed by atoms with Gasteiger partial charge in [-0.1, -0.05) is 6.92 Å². The molecule has 0 saturated heterocycles. The van der Waals surface area contributed by atoms with Gasteiger partial charge in [0.1, 0.15) is 6.61 Å². The predicted molar refractivity (Wildman–Crippen MR) is 37.1 cm³/mol. The van der Waals surface area contributed by atoms with Crippen LogP contribution < -0.4 is 0 Å². The van der Waals surface area contributed by atoms with E-state index in [1.54, 1.807) is 0 Å². The van der Waals surface area contributed by atoms with E-state index in [-0.39, 0.29) is 12.0 Å². The first-order valence-corrected chi connectivity index (χ1v) is 3.44. The molecule has 0 aliphatic rings. The first-order valence-electron chi connectivity index (χ1n) is 2.63. The van der Waals surface area contributed by atoms with Gasteiger partial charge in [0.15, 0.2) is 0 Å². The van der Waals surface area contributed by atoms with Gasteiger partial charge in [-0.15, -0.1) is 11.6 Å². The van der Waals surface area contributed by atoms with E-state index < -0.39 is 5.43 Å². The third-order valence-corrected chi connectivity index (χ3v) is 1.36. The number of carbonyl (C=O) groups is 1. The summed E-state index contributed by atoms with van der Waals surface area (Å²) in [5.41, 5.74) is -0.797. The van der Waals surface area contributed by atoms with Crippen LogP contribution in [0, 0.1) is 0 Å². The van der Waals surface area contributed by atoms with Gasteiger partial charge in [0.05, 0.1) is 5.38 Å². The van der Waals surface area contributed by atoms with Crippen LogP contribution in [0.5, 0.6) is 0 Å². The molecule has 0 aromatic heterocycles. The van der Waals surface area contributed by atoms with Gasteiger partial charge in [-0.3, -0.25) is 0 Å². The summed E-state index contributed by atoms with van der Waals surface area (Å²) in [5, 5.41) is -0.118. The molecule has 9 heavy (non-hydrogen) atoms. The molecule has 0 spiro atoms. The van der Waals surface area contributed by atoms with Crippen molar-refractivity contribution in [2.45, 2.75) is 18.7 Å². The minimum atomic E-state index is -0.797. The summed E-state index contributed by atoms with van der Waals surface area (Å²) >= 11 is 10.4. The molecule has 0 aromatic carbocycles. The minimum absolute atomic E-state index is 0.118. The standard InChI is InChI=1S/C5H8Cl2O2/c1-2-4(6)3-9-5(7)8/h4H,2-3H2,1H3. The van der Waals surface area contributed by atoms with Crippen LogP contribution in [0.4, 0.5) is 4.79 Å². The molecule has 0 bridgehead atoms. The monoisotopic (exact) mass is 170 g/mol. The van der Waals surface area contributed by atoms with Crippen molar-refractivity contribution in [1.29, 1.82) is 0 Å². The van der Waals surface area contributed by atoms with Gasteiger partial charge in [0, 0.05) is 11.6 Å². The molecule has 4 heteroatoms. The average Bonchev–Trinajstić information content (AvgIpc) is 1.83. The highest BCUT2D eigenvalue weighted by Crippen LogP contribution is 2.02. The number of carbonyl (C=O) groups excluding carboxylic acids is 1. The molecule has 0 saturated carbocycles. The van der Waals surface area contributed by atoms with Gasteiger partial charge in [-0.2, -0.15) is 0 Å². The summed E-state index contributed by atoms with van der Waals surface area (Å²) in [6, 6.07) is 0. The summed E-state index contributed by atoms with van der Waals surface area (Å²) < 4.78 is 4.39. The van der Waals surface area contributed by atoms with Gasteiger partial charge in [-0.05, 0) is 6.42 Å². The molecule has 0 fully saturated rings. The third kappa shape index (κ3) is 5.93. The van der Waals surface area contributed by atoms with Crippen molar-refractivity contribution >= 4 is 28.6 Å². The molecular weight excluding hydrogens is 163 g/mol. The van der Waals surface area contributed by atoms with Crippen LogP contribution in [-0.4, -0.2) is 17.4 Å². The van der Waals surface area contributed by atoms with E-state index in [1.165, 1.54) is 0 Å². The molecule has 1 atom stereocenters. The average molecular weight is 171 g/mol. The number of rotatable bonds is 3. The van der Waals surface area contributed by atoms with Crippen LogP contribution in [-0.2, 0) is 4.74 Å². The summed E-state index contributed by atoms with van der Waals surface area (Å²) in [4.78, 5) is 9.95. The second kappa shape index (κ2) is 4.89. The lowest BCUT2D eigenvalue weighted by Gasteiger charge is -2.03. The van der Waals surface area contributed by atoms with Gasteiger partial charge in [-0.25, -0.2) is 4.79 Å². The SMILES string of the molecule is CCC(Cl)COC(=O)Cl. The Kier molecular flexibility index (Phi) is 4.91. The lowest BCUT2D eigenvalue weighted by Crippen LogP contribution is -2.08. The smallest absolute Gasteiger partial charge is 0.403 e. The summed E-state index contributed by atoms with van der Waals surface area (Å²) in [5.74, 6) is 0. The number of hydrogen-bond acceptors (Lipinski definition) is 2. The Morgan fingerprint density at radius 2 is 2.33 bits per heavy atom. The molecule has 1 unspecified atom stereocenters. The highest BCUT2D eigenvalue weighted by atomic mass is 35.5. The maximum atomic E-state index is 9.95. The zero-order valence-electron chi connectivity index (χ0n) is 5.06. The highest BCUT2D eigenvalue weighted by molar-refractivity contribution is 6.61. The van der Waals surface area contributed by atoms with Crippen LogP contribution >= 0.6 is 23.2 Å². The van der Waals surface area contributed by atoms with Crippen molar-refractivity contribution in [3.63, 3.8) is 0 Å². The maximum absolute atomic E-state index is 9.95. The highest BCUT2D eigenvalue weighted by Gasteiger charge is 2.02. The number of alkyl halides is 1. The van der Waals surface area contributed by atoms with E-state index in [4.69, 9.17) is 23.2 Å². The summed E-state index contributed by atoms with van der Waals surface area (Å²) in [6.07, 6.45) is 0.770. The Morgan fingerprint density at radius 1 is 1.78 bits per heavy atom. The first kappa shape index (κ1) is 9.05. The molecular formula is C5H8Cl2O2. The Balaban J connectivity index is 3.16. The van der Waals surface area contributed by atoms with Crippen LogP contribution in [0.1, 0.15) is 13.3 Å². The van der Waals surface area contributed by atoms with Gasteiger partial charge >= 0.3 is 5.43 Å². The van der Waals surface area contributed by atoms with Crippen molar-refractivity contribution in [3.05, 3.63) is 0 Å². The number of halogens is 2. The molecule has 0 aliphatic carbocycles. The van der Waals surface area contributed by atoms with Gasteiger partial charge in [0.2, 0.25) is 0 Å². The van der Waals surface area contributed by atoms with Crippen LogP contribution in [0.15, 0.2) is 0 Å². The quantitative estimate of drug-likeness (QED) is 0.481. The molecule has 0 rings (SSSR count). The number of hydrogen-bond donors (Lipinski definition) is 0. The van der Waals surface area contributed by atoms with E-state index in [0.29, 0.717) is 0 Å². The summed E-state index contributed by atoms with van der Waals surface area (Å²) in [7, 11) is 0. The van der Waals surface area contributed by atoms with E-state index in [1.807, 2.05) is 6.92 Å². The van der Waals surface area contributed by atoms with Crippen molar-refractivity contribution < 1.29 is 9.53 Å². The minimum Gasteiger partial charge on any atom is -0.452 e. The Labute approximate surface area is 64.1 Å². The molecule has 54 valence electrons. The molecule has 0 N–H and O–H groups in total. The van der Waals surface area contributed by atoms with Crippen molar-refractivity contribution in [2.75, 3.05) is 6.61 Å². The maximum Gasteiger partial charge on any atom is 0.403 e. The summed E-state index contributed by atoms with van der Waals surface area (Å²) in [6.45, 7) is 2.10. The lowest BCUT2D eigenvalue weighted by atomic mass is 10.3. The molecule has 0 radical (unpaired) electrons. The van der Waals surface area contributed by atoms with Gasteiger partial charge in [0.25, 0.3) is 0 Å². The third-order valence-electron chi connectivity index (χ3n) is 0.821. The zero-order valence-corrected chi connectivity index (χ0v) is 6.58. The van der Waals surface area contributed by atoms with Crippen LogP contribution in [0.25, 0.3) is 0 Å². The van der Waals surface area contributed by atoms with Crippen LogP contribution in [0.2, 0.25) is 0 Å². The normalized spacial score (nSPS) is 12.8. The molecule has 0 aliphatic heterocycles. The fraction of sp³-hybridized carbons (Fsp3) is 0.800. The Bertz CT molecular complexity index is 95.0. The van der Waals surface area contributed by atoms with E-state index in [9.17, 15) is 4.79 Å². The Hall–Kier alpha value is 0.0500. The van der Waals surface area contributed by atoms with E-state index in [0.717, 1.165) is 6.42 Å². The van der Waals surface area contributed by atoms with Crippen molar-refractivity contribution in [2.24, 2.45) is 0 Å². The second-order valence-corrected chi connectivity index (χ2v) is 2.48. The van der Waals surface area contributed by atoms with Crippen molar-refractivity contribution in [3.8, 4) is 0 Å². The van der Waals surface area contributed by atoms with E-state index >= 15 is 0 Å². The number of ether oxygens (including phenoxy) is 1. The lowest BCUT2D eigenvalue weighted by molar-refractivity contribution is 0.172. The molecule has 2 nitrogen and oxygen atoms in total.